The molecule has 5 nitrogen and oxygen atoms in total. The lowest BCUT2D eigenvalue weighted by molar-refractivity contribution is -0.481. The van der Waals surface area contributed by atoms with Crippen LogP contribution in [0.3, 0.4) is 0 Å². The van der Waals surface area contributed by atoms with E-state index in [-0.39, 0.29) is 18.1 Å². The minimum absolute atomic E-state index is 0.0523. The molecule has 1 aliphatic rings. The number of aliphatic hydroxyl groups excluding tert-OH is 1. The Kier molecular flexibility index (Phi) is 5.14. The Balaban J connectivity index is 2.11. The molecule has 20 heavy (non-hydrogen) atoms. The molecule has 0 saturated heterocycles. The Morgan fingerprint density at radius 1 is 1.65 bits per heavy atom. The summed E-state index contributed by atoms with van der Waals surface area (Å²) in [6.07, 6.45) is 8.23. The molecule has 0 radical (unpaired) electrons. The fourth-order valence-electron chi connectivity index (χ4n) is 2.39. The van der Waals surface area contributed by atoms with Crippen LogP contribution >= 0.6 is 11.8 Å². The Hall–Kier alpha value is -1.40. The molecule has 2 N–H and O–H groups in total. The average molecular weight is 294 g/mol. The second-order valence-corrected chi connectivity index (χ2v) is 5.87. The van der Waals surface area contributed by atoms with E-state index in [2.05, 4.69) is 20.6 Å². The normalized spacial score (nSPS) is 15.9. The molecule has 0 saturated carbocycles. The molecule has 1 heterocycles. The maximum atomic E-state index is 11.7. The molecular weight excluding hydrogens is 274 g/mol. The van der Waals surface area contributed by atoms with Crippen molar-refractivity contribution in [3.8, 4) is 0 Å². The third-order valence-corrected chi connectivity index (χ3v) is 4.07. The van der Waals surface area contributed by atoms with Crippen LogP contribution in [0.15, 0.2) is 17.2 Å². The van der Waals surface area contributed by atoms with Crippen LogP contribution in [0.4, 0.5) is 0 Å². The van der Waals surface area contributed by atoms with E-state index in [1.54, 1.807) is 11.8 Å². The second kappa shape index (κ2) is 6.85. The molecular formula is C14H20N3O2S+. The molecule has 108 valence electrons. The molecule has 1 aliphatic carbocycles. The van der Waals surface area contributed by atoms with E-state index in [4.69, 9.17) is 0 Å². The van der Waals surface area contributed by atoms with Gasteiger partial charge in [-0.25, -0.2) is 9.56 Å². The number of likely N-dealkylation sites (N-methyl/N-ethyl adjacent to an activating group) is 1. The van der Waals surface area contributed by atoms with Crippen LogP contribution in [0.5, 0.6) is 0 Å². The summed E-state index contributed by atoms with van der Waals surface area (Å²) in [5.41, 5.74) is 2.58. The van der Waals surface area contributed by atoms with Crippen molar-refractivity contribution in [3.63, 3.8) is 0 Å². The number of allylic oxidation sites excluding steroid dienone is 1. The molecule has 1 unspecified atom stereocenters. The van der Waals surface area contributed by atoms with Gasteiger partial charge < -0.3 is 10.1 Å². The quantitative estimate of drug-likeness (QED) is 0.588. The molecule has 0 bridgehead atoms. The summed E-state index contributed by atoms with van der Waals surface area (Å²) in [6, 6.07) is 0. The molecule has 0 fully saturated rings. The van der Waals surface area contributed by atoms with Gasteiger partial charge in [0.15, 0.2) is 6.54 Å². The van der Waals surface area contributed by atoms with Crippen molar-refractivity contribution in [2.45, 2.75) is 6.42 Å². The van der Waals surface area contributed by atoms with Crippen molar-refractivity contribution < 1.29 is 9.68 Å². The van der Waals surface area contributed by atoms with E-state index in [1.165, 1.54) is 6.33 Å². The highest BCUT2D eigenvalue weighted by atomic mass is 32.2. The van der Waals surface area contributed by atoms with E-state index < -0.39 is 0 Å². The number of aliphatic hydroxyl groups is 1. The van der Waals surface area contributed by atoms with E-state index in [9.17, 15) is 9.90 Å². The van der Waals surface area contributed by atoms with Gasteiger partial charge in [-0.3, -0.25) is 4.79 Å². The summed E-state index contributed by atoms with van der Waals surface area (Å²) < 4.78 is 2.06. The van der Waals surface area contributed by atoms with Gasteiger partial charge in [0.25, 0.3) is 5.56 Å². The number of aromatic nitrogens is 2. The molecule has 0 aliphatic heterocycles. The summed E-state index contributed by atoms with van der Waals surface area (Å²) in [5.74, 6) is 1.05. The number of nitrogens with one attached hydrogen (secondary N) is 1. The second-order valence-electron chi connectivity index (χ2n) is 4.95. The van der Waals surface area contributed by atoms with Gasteiger partial charge in [0.05, 0.1) is 24.5 Å². The Labute approximate surface area is 122 Å². The first-order chi connectivity index (χ1) is 9.65. The van der Waals surface area contributed by atoms with Crippen LogP contribution in [0.2, 0.25) is 0 Å². The zero-order valence-electron chi connectivity index (χ0n) is 11.8. The van der Waals surface area contributed by atoms with Crippen molar-refractivity contribution in [2.24, 2.45) is 5.92 Å². The zero-order chi connectivity index (χ0) is 14.5. The maximum absolute atomic E-state index is 11.7. The summed E-state index contributed by atoms with van der Waals surface area (Å²) in [7, 11) is 1.98. The number of thioether (sulfide) groups is 1. The standard InChI is InChI=1S/C14H19N3O2S/c1-17(5-10(7-18)8-20-2)6-11-3-4-12-13(11)15-9-16-14(12)19/h3,5,9-10,18H,4,6-8H2,1-2H3/p+1. The largest absolute Gasteiger partial charge is 0.395 e. The summed E-state index contributed by atoms with van der Waals surface area (Å²) >= 11 is 1.72. The number of aromatic amines is 1. The maximum Gasteiger partial charge on any atom is 0.254 e. The van der Waals surface area contributed by atoms with Crippen molar-refractivity contribution >= 4 is 23.5 Å². The van der Waals surface area contributed by atoms with Gasteiger partial charge in [0, 0.05) is 16.9 Å². The number of hydrogen-bond acceptors (Lipinski definition) is 4. The average Bonchev–Trinajstić information content (AvgIpc) is 2.83. The summed E-state index contributed by atoms with van der Waals surface area (Å²) in [5, 5.41) is 9.32. The fraction of sp³-hybridized carbons (Fsp3) is 0.500. The van der Waals surface area contributed by atoms with E-state index in [0.717, 1.165) is 22.6 Å². The number of hydrogen-bond donors (Lipinski definition) is 2. The third kappa shape index (κ3) is 3.37. The van der Waals surface area contributed by atoms with Gasteiger partial charge in [0.2, 0.25) is 0 Å². The SMILES string of the molecule is CSCC(C=[N+](C)CC1=CCc2c1nc[nH]c2=O)CO. The fourth-order valence-corrected chi connectivity index (χ4v) is 3.01. The highest BCUT2D eigenvalue weighted by Crippen LogP contribution is 2.21. The topological polar surface area (TPSA) is 69.0 Å². The van der Waals surface area contributed by atoms with Crippen LogP contribution in [0.1, 0.15) is 11.3 Å². The van der Waals surface area contributed by atoms with Gasteiger partial charge in [-0.1, -0.05) is 6.08 Å². The molecule has 0 aromatic carbocycles. The van der Waals surface area contributed by atoms with Crippen molar-refractivity contribution in [1.29, 1.82) is 0 Å². The van der Waals surface area contributed by atoms with Gasteiger partial charge >= 0.3 is 0 Å². The van der Waals surface area contributed by atoms with Crippen LogP contribution in [0, 0.1) is 5.92 Å². The first-order valence-electron chi connectivity index (χ1n) is 6.56. The van der Waals surface area contributed by atoms with Gasteiger partial charge in [-0.05, 0) is 12.7 Å². The summed E-state index contributed by atoms with van der Waals surface area (Å²) in [4.78, 5) is 18.5. The Bertz CT molecular complexity index is 592. The predicted molar refractivity (Wildman–Crippen MR) is 82.6 cm³/mol. The molecule has 2 rings (SSSR count). The summed E-state index contributed by atoms with van der Waals surface area (Å²) in [6.45, 7) is 0.854. The number of H-pyrrole nitrogens is 1. The molecule has 0 amide bonds. The first kappa shape index (κ1) is 15.0. The monoisotopic (exact) mass is 294 g/mol. The molecule has 1 aromatic rings. The number of nitrogens with zero attached hydrogens (tertiary/aromatic N) is 2. The molecule has 1 aromatic heterocycles. The lowest BCUT2D eigenvalue weighted by Crippen LogP contribution is -2.21. The van der Waals surface area contributed by atoms with Crippen molar-refractivity contribution in [2.75, 3.05) is 32.2 Å². The van der Waals surface area contributed by atoms with Crippen LogP contribution in [-0.4, -0.2) is 58.1 Å². The number of fused-ring (bicyclic) bond motifs is 1. The van der Waals surface area contributed by atoms with Crippen molar-refractivity contribution in [1.82, 2.24) is 9.97 Å². The molecule has 0 spiro atoms. The molecule has 6 heteroatoms. The van der Waals surface area contributed by atoms with Crippen LogP contribution < -0.4 is 5.56 Å². The lowest BCUT2D eigenvalue weighted by atomic mass is 10.2. The smallest absolute Gasteiger partial charge is 0.254 e. The van der Waals surface area contributed by atoms with Crippen LogP contribution in [-0.2, 0) is 6.42 Å². The predicted octanol–water partition coefficient (Wildman–Crippen LogP) is 0.394. The molecule has 1 atom stereocenters. The highest BCUT2D eigenvalue weighted by molar-refractivity contribution is 7.98. The third-order valence-electron chi connectivity index (χ3n) is 3.31. The first-order valence-corrected chi connectivity index (χ1v) is 7.96. The van der Waals surface area contributed by atoms with Gasteiger partial charge in [0.1, 0.15) is 13.3 Å². The highest BCUT2D eigenvalue weighted by Gasteiger charge is 2.21. The van der Waals surface area contributed by atoms with E-state index in [0.29, 0.717) is 13.0 Å². The Morgan fingerprint density at radius 2 is 2.45 bits per heavy atom. The number of rotatable bonds is 6. The van der Waals surface area contributed by atoms with E-state index in [1.807, 2.05) is 19.5 Å². The lowest BCUT2D eigenvalue weighted by Gasteiger charge is -2.06. The van der Waals surface area contributed by atoms with Gasteiger partial charge in [-0.15, -0.1) is 0 Å². The van der Waals surface area contributed by atoms with Crippen LogP contribution in [0.25, 0.3) is 5.57 Å². The minimum Gasteiger partial charge on any atom is -0.395 e. The van der Waals surface area contributed by atoms with Crippen molar-refractivity contribution in [3.05, 3.63) is 34.0 Å². The minimum atomic E-state index is -0.0523. The van der Waals surface area contributed by atoms with Gasteiger partial charge in [-0.2, -0.15) is 11.8 Å². The van der Waals surface area contributed by atoms with E-state index >= 15 is 0 Å². The zero-order valence-corrected chi connectivity index (χ0v) is 12.6. The Morgan fingerprint density at radius 3 is 3.15 bits per heavy atom.